The van der Waals surface area contributed by atoms with Gasteiger partial charge in [-0.25, -0.2) is 8.78 Å². The Morgan fingerprint density at radius 1 is 1.00 bits per heavy atom. The van der Waals surface area contributed by atoms with E-state index in [1.807, 2.05) is 45.0 Å². The van der Waals surface area contributed by atoms with Gasteiger partial charge in [0.2, 0.25) is 0 Å². The summed E-state index contributed by atoms with van der Waals surface area (Å²) < 4.78 is 31.9. The Labute approximate surface area is 123 Å². The Balaban J connectivity index is 2.11. The molecule has 2 aromatic rings. The van der Waals surface area contributed by atoms with Gasteiger partial charge in [0.15, 0.2) is 11.6 Å². The van der Waals surface area contributed by atoms with Gasteiger partial charge in [0.25, 0.3) is 0 Å². The van der Waals surface area contributed by atoms with Gasteiger partial charge in [-0.05, 0) is 39.0 Å². The van der Waals surface area contributed by atoms with Crippen molar-refractivity contribution in [2.24, 2.45) is 0 Å². The van der Waals surface area contributed by atoms with Crippen molar-refractivity contribution in [1.82, 2.24) is 0 Å². The van der Waals surface area contributed by atoms with Crippen LogP contribution in [0.5, 0.6) is 5.75 Å². The van der Waals surface area contributed by atoms with Crippen molar-refractivity contribution in [3.8, 4) is 5.75 Å². The summed E-state index contributed by atoms with van der Waals surface area (Å²) in [4.78, 5) is 0. The molecule has 0 aromatic heterocycles. The lowest BCUT2D eigenvalue weighted by Crippen LogP contribution is -2.23. The van der Waals surface area contributed by atoms with Gasteiger partial charge in [-0.2, -0.15) is 0 Å². The molecule has 0 aliphatic carbocycles. The monoisotopic (exact) mass is 291 g/mol. The smallest absolute Gasteiger partial charge is 0.160 e. The summed E-state index contributed by atoms with van der Waals surface area (Å²) in [5, 5.41) is 3.07. The summed E-state index contributed by atoms with van der Waals surface area (Å²) in [5.41, 5.74) is 1.19. The largest absolute Gasteiger partial charge is 0.488 e. The molecule has 112 valence electrons. The van der Waals surface area contributed by atoms with Gasteiger partial charge in [-0.3, -0.25) is 0 Å². The predicted octanol–water partition coefficient (Wildman–Crippen LogP) is 4.75. The third kappa shape index (κ3) is 4.45. The van der Waals surface area contributed by atoms with Crippen molar-refractivity contribution in [2.75, 3.05) is 5.32 Å². The molecular weight excluding hydrogens is 272 g/mol. The molecule has 0 saturated heterocycles. The first-order valence-electron chi connectivity index (χ1n) is 6.81. The van der Waals surface area contributed by atoms with E-state index >= 15 is 0 Å². The van der Waals surface area contributed by atoms with Crippen LogP contribution in [0.2, 0.25) is 0 Å². The van der Waals surface area contributed by atoms with Crippen LogP contribution in [0.1, 0.15) is 26.3 Å². The zero-order valence-electron chi connectivity index (χ0n) is 12.4. The number of hydrogen-bond donors (Lipinski definition) is 1. The Morgan fingerprint density at radius 3 is 2.38 bits per heavy atom. The molecule has 2 aromatic carbocycles. The van der Waals surface area contributed by atoms with Crippen LogP contribution in [0.3, 0.4) is 0 Å². The number of anilines is 1. The molecule has 0 aliphatic heterocycles. The van der Waals surface area contributed by atoms with Crippen molar-refractivity contribution in [2.45, 2.75) is 32.9 Å². The van der Waals surface area contributed by atoms with Gasteiger partial charge in [0.05, 0.1) is 0 Å². The molecular formula is C17H19F2NO. The fraction of sp³-hybridized carbons (Fsp3) is 0.294. The SMILES string of the molecule is CC(C)(C)Oc1ccccc1CNc1ccc(F)c(F)c1. The molecule has 0 heterocycles. The van der Waals surface area contributed by atoms with E-state index in [1.165, 1.54) is 6.07 Å². The molecule has 0 bridgehead atoms. The fourth-order valence-electron chi connectivity index (χ4n) is 1.88. The highest BCUT2D eigenvalue weighted by atomic mass is 19.2. The molecule has 0 saturated carbocycles. The number of benzene rings is 2. The highest BCUT2D eigenvalue weighted by Crippen LogP contribution is 2.24. The van der Waals surface area contributed by atoms with Crippen LogP contribution in [0, 0.1) is 11.6 Å². The molecule has 2 rings (SSSR count). The first-order chi connectivity index (χ1) is 9.85. The van der Waals surface area contributed by atoms with Crippen LogP contribution < -0.4 is 10.1 Å². The molecule has 0 fully saturated rings. The van der Waals surface area contributed by atoms with E-state index in [0.29, 0.717) is 12.2 Å². The zero-order valence-corrected chi connectivity index (χ0v) is 12.4. The molecule has 0 aliphatic rings. The molecule has 21 heavy (non-hydrogen) atoms. The van der Waals surface area contributed by atoms with E-state index < -0.39 is 11.6 Å². The predicted molar refractivity (Wildman–Crippen MR) is 80.5 cm³/mol. The van der Waals surface area contributed by atoms with Crippen LogP contribution in [-0.2, 0) is 6.54 Å². The second kappa shape index (κ2) is 6.12. The summed E-state index contributed by atoms with van der Waals surface area (Å²) >= 11 is 0. The average molecular weight is 291 g/mol. The van der Waals surface area contributed by atoms with E-state index in [0.717, 1.165) is 23.4 Å². The molecule has 1 N–H and O–H groups in total. The maximum Gasteiger partial charge on any atom is 0.160 e. The highest BCUT2D eigenvalue weighted by molar-refractivity contribution is 5.45. The summed E-state index contributed by atoms with van der Waals surface area (Å²) in [7, 11) is 0. The number of rotatable bonds is 4. The van der Waals surface area contributed by atoms with Crippen LogP contribution in [0.15, 0.2) is 42.5 Å². The third-order valence-electron chi connectivity index (χ3n) is 2.79. The minimum absolute atomic E-state index is 0.294. The second-order valence-corrected chi connectivity index (χ2v) is 5.80. The number of ether oxygens (including phenoxy) is 1. The molecule has 2 nitrogen and oxygen atoms in total. The minimum atomic E-state index is -0.862. The number of halogens is 2. The lowest BCUT2D eigenvalue weighted by atomic mass is 10.1. The van der Waals surface area contributed by atoms with Crippen molar-refractivity contribution in [3.63, 3.8) is 0 Å². The van der Waals surface area contributed by atoms with Gasteiger partial charge < -0.3 is 10.1 Å². The topological polar surface area (TPSA) is 21.3 Å². The normalized spacial score (nSPS) is 11.3. The molecule has 0 spiro atoms. The number of hydrogen-bond acceptors (Lipinski definition) is 2. The van der Waals surface area contributed by atoms with Crippen LogP contribution in [0.25, 0.3) is 0 Å². The van der Waals surface area contributed by atoms with E-state index in [2.05, 4.69) is 5.32 Å². The standard InChI is InChI=1S/C17H19F2NO/c1-17(2,3)21-16-7-5-4-6-12(16)11-20-13-8-9-14(18)15(19)10-13/h4-10,20H,11H2,1-3H3. The van der Waals surface area contributed by atoms with Gasteiger partial charge in [-0.1, -0.05) is 18.2 Å². The van der Waals surface area contributed by atoms with Crippen molar-refractivity contribution >= 4 is 5.69 Å². The number of nitrogens with one attached hydrogen (secondary N) is 1. The third-order valence-corrected chi connectivity index (χ3v) is 2.79. The Morgan fingerprint density at radius 2 is 1.71 bits per heavy atom. The van der Waals surface area contributed by atoms with Crippen molar-refractivity contribution in [1.29, 1.82) is 0 Å². The van der Waals surface area contributed by atoms with Crippen LogP contribution in [-0.4, -0.2) is 5.60 Å². The molecule has 0 unspecified atom stereocenters. The second-order valence-electron chi connectivity index (χ2n) is 5.80. The van der Waals surface area contributed by atoms with E-state index in [4.69, 9.17) is 4.74 Å². The van der Waals surface area contributed by atoms with Gasteiger partial charge in [-0.15, -0.1) is 0 Å². The zero-order chi connectivity index (χ0) is 15.5. The quantitative estimate of drug-likeness (QED) is 0.877. The summed E-state index contributed by atoms with van der Waals surface area (Å²) in [6, 6.07) is 11.4. The van der Waals surface area contributed by atoms with E-state index in [-0.39, 0.29) is 5.60 Å². The Bertz CT molecular complexity index is 620. The minimum Gasteiger partial charge on any atom is -0.488 e. The summed E-state index contributed by atoms with van der Waals surface area (Å²) in [6.07, 6.45) is 0. The molecule has 0 amide bonds. The van der Waals surface area contributed by atoms with E-state index in [9.17, 15) is 8.78 Å². The fourth-order valence-corrected chi connectivity index (χ4v) is 1.88. The van der Waals surface area contributed by atoms with E-state index in [1.54, 1.807) is 0 Å². The van der Waals surface area contributed by atoms with Crippen molar-refractivity contribution < 1.29 is 13.5 Å². The van der Waals surface area contributed by atoms with Gasteiger partial charge in [0, 0.05) is 23.9 Å². The molecule has 4 heteroatoms. The number of para-hydroxylation sites is 1. The average Bonchev–Trinajstić information content (AvgIpc) is 2.40. The highest BCUT2D eigenvalue weighted by Gasteiger charge is 2.14. The van der Waals surface area contributed by atoms with Crippen LogP contribution >= 0.6 is 0 Å². The summed E-state index contributed by atoms with van der Waals surface area (Å²) in [5.74, 6) is -0.934. The maximum atomic E-state index is 13.2. The molecule has 0 atom stereocenters. The lowest BCUT2D eigenvalue weighted by molar-refractivity contribution is 0.129. The van der Waals surface area contributed by atoms with Crippen molar-refractivity contribution in [3.05, 3.63) is 59.7 Å². The molecule has 0 radical (unpaired) electrons. The van der Waals surface area contributed by atoms with Gasteiger partial charge >= 0.3 is 0 Å². The maximum absolute atomic E-state index is 13.2. The first-order valence-corrected chi connectivity index (χ1v) is 6.81. The Hall–Kier alpha value is -2.10. The summed E-state index contributed by atoms with van der Waals surface area (Å²) in [6.45, 7) is 6.41. The lowest BCUT2D eigenvalue weighted by Gasteiger charge is -2.23. The van der Waals surface area contributed by atoms with Gasteiger partial charge in [0.1, 0.15) is 11.4 Å². The van der Waals surface area contributed by atoms with Crippen LogP contribution in [0.4, 0.5) is 14.5 Å². The first kappa shape index (κ1) is 15.3. The Kier molecular flexibility index (Phi) is 4.46.